The number of benzene rings is 2. The highest BCUT2D eigenvalue weighted by Crippen LogP contribution is 2.24. The normalized spacial score (nSPS) is 11.9. The molecular weight excluding hydrogens is 318 g/mol. The average Bonchev–Trinajstić information content (AvgIpc) is 2.49. The number of carbonyl (C=O) groups is 1. The van der Waals surface area contributed by atoms with Crippen LogP contribution < -0.4 is 10.5 Å². The third kappa shape index (κ3) is 3.46. The Morgan fingerprint density at radius 2 is 1.95 bits per heavy atom. The molecule has 0 fully saturated rings. The fourth-order valence-corrected chi connectivity index (χ4v) is 2.34. The van der Waals surface area contributed by atoms with E-state index in [-0.39, 0.29) is 12.2 Å². The average molecular weight is 334 g/mol. The zero-order chi connectivity index (χ0) is 14.5. The second-order valence-electron chi connectivity index (χ2n) is 4.49. The Balaban J connectivity index is 2.15. The van der Waals surface area contributed by atoms with Crippen LogP contribution in [0.4, 0.5) is 0 Å². The fourth-order valence-electron chi connectivity index (χ4n) is 1.96. The van der Waals surface area contributed by atoms with Gasteiger partial charge in [0.25, 0.3) is 0 Å². The van der Waals surface area contributed by atoms with Crippen molar-refractivity contribution in [2.24, 2.45) is 5.73 Å². The van der Waals surface area contributed by atoms with Gasteiger partial charge in [-0.1, -0.05) is 46.3 Å². The number of rotatable bonds is 5. The van der Waals surface area contributed by atoms with Crippen LogP contribution in [0.3, 0.4) is 0 Å². The minimum atomic E-state index is -0.602. The van der Waals surface area contributed by atoms with E-state index in [9.17, 15) is 4.79 Å². The van der Waals surface area contributed by atoms with Gasteiger partial charge in [0.1, 0.15) is 5.75 Å². The molecule has 2 N–H and O–H groups in total. The van der Waals surface area contributed by atoms with E-state index >= 15 is 0 Å². The SMILES string of the molecule is COc1ccc(Br)c(CC(=O)C(N)c2ccccc2)c1. The van der Waals surface area contributed by atoms with Crippen LogP contribution in [0.2, 0.25) is 0 Å². The van der Waals surface area contributed by atoms with E-state index in [0.717, 1.165) is 21.3 Å². The van der Waals surface area contributed by atoms with E-state index in [1.807, 2.05) is 48.5 Å². The maximum Gasteiger partial charge on any atom is 0.158 e. The zero-order valence-electron chi connectivity index (χ0n) is 11.2. The Bertz CT molecular complexity index is 599. The van der Waals surface area contributed by atoms with Crippen molar-refractivity contribution in [2.75, 3.05) is 7.11 Å². The van der Waals surface area contributed by atoms with E-state index in [1.165, 1.54) is 0 Å². The van der Waals surface area contributed by atoms with Crippen LogP contribution in [0.5, 0.6) is 5.75 Å². The second-order valence-corrected chi connectivity index (χ2v) is 5.34. The third-order valence-electron chi connectivity index (χ3n) is 3.12. The Hall–Kier alpha value is -1.65. The lowest BCUT2D eigenvalue weighted by molar-refractivity contribution is -0.119. The number of hydrogen-bond acceptors (Lipinski definition) is 3. The molecular formula is C16H16BrNO2. The van der Waals surface area contributed by atoms with Crippen molar-refractivity contribution in [3.05, 3.63) is 64.1 Å². The number of hydrogen-bond donors (Lipinski definition) is 1. The molecule has 0 aliphatic carbocycles. The Morgan fingerprint density at radius 1 is 1.25 bits per heavy atom. The maximum atomic E-state index is 12.3. The lowest BCUT2D eigenvalue weighted by Gasteiger charge is -2.12. The second kappa shape index (κ2) is 6.68. The van der Waals surface area contributed by atoms with Gasteiger partial charge in [-0.15, -0.1) is 0 Å². The topological polar surface area (TPSA) is 52.3 Å². The minimum Gasteiger partial charge on any atom is -0.497 e. The highest BCUT2D eigenvalue weighted by atomic mass is 79.9. The van der Waals surface area contributed by atoms with E-state index < -0.39 is 6.04 Å². The van der Waals surface area contributed by atoms with E-state index in [2.05, 4.69) is 15.9 Å². The van der Waals surface area contributed by atoms with E-state index in [1.54, 1.807) is 7.11 Å². The molecule has 0 spiro atoms. The summed E-state index contributed by atoms with van der Waals surface area (Å²) in [6, 6.07) is 14.3. The quantitative estimate of drug-likeness (QED) is 0.913. The predicted molar refractivity (Wildman–Crippen MR) is 82.8 cm³/mol. The molecule has 0 aliphatic rings. The van der Waals surface area contributed by atoms with Gasteiger partial charge in [0, 0.05) is 10.9 Å². The molecule has 2 aromatic rings. The van der Waals surface area contributed by atoms with Gasteiger partial charge in [-0.25, -0.2) is 0 Å². The smallest absolute Gasteiger partial charge is 0.158 e. The first-order valence-electron chi connectivity index (χ1n) is 6.27. The van der Waals surface area contributed by atoms with Gasteiger partial charge in [-0.2, -0.15) is 0 Å². The summed E-state index contributed by atoms with van der Waals surface area (Å²) in [5.41, 5.74) is 7.72. The summed E-state index contributed by atoms with van der Waals surface area (Å²) >= 11 is 3.44. The molecule has 0 bridgehead atoms. The summed E-state index contributed by atoms with van der Waals surface area (Å²) in [6.45, 7) is 0. The van der Waals surface area contributed by atoms with Gasteiger partial charge in [-0.05, 0) is 29.3 Å². The largest absolute Gasteiger partial charge is 0.497 e. The van der Waals surface area contributed by atoms with E-state index in [0.29, 0.717) is 0 Å². The number of ketones is 1. The van der Waals surface area contributed by atoms with Crippen molar-refractivity contribution in [1.82, 2.24) is 0 Å². The fraction of sp³-hybridized carbons (Fsp3) is 0.188. The number of Topliss-reactive ketones (excluding diaryl/α,β-unsaturated/α-hetero) is 1. The Morgan fingerprint density at radius 3 is 2.60 bits per heavy atom. The first-order chi connectivity index (χ1) is 9.61. The molecule has 3 nitrogen and oxygen atoms in total. The van der Waals surface area contributed by atoms with Crippen LogP contribution in [0.15, 0.2) is 53.0 Å². The van der Waals surface area contributed by atoms with Crippen molar-refractivity contribution < 1.29 is 9.53 Å². The van der Waals surface area contributed by atoms with Gasteiger partial charge in [0.05, 0.1) is 13.2 Å². The standard InChI is InChI=1S/C16H16BrNO2/c1-20-13-7-8-14(17)12(9-13)10-15(19)16(18)11-5-3-2-4-6-11/h2-9,16H,10,18H2,1H3. The summed E-state index contributed by atoms with van der Waals surface area (Å²) in [6.07, 6.45) is 0.272. The highest BCUT2D eigenvalue weighted by molar-refractivity contribution is 9.10. The molecule has 20 heavy (non-hydrogen) atoms. The summed E-state index contributed by atoms with van der Waals surface area (Å²) in [5, 5.41) is 0. The Labute approximate surface area is 126 Å². The van der Waals surface area contributed by atoms with Gasteiger partial charge >= 0.3 is 0 Å². The first kappa shape index (κ1) is 14.8. The molecule has 1 unspecified atom stereocenters. The molecule has 0 amide bonds. The molecule has 104 valence electrons. The molecule has 0 heterocycles. The summed E-state index contributed by atoms with van der Waals surface area (Å²) in [7, 11) is 1.60. The molecule has 0 aliphatic heterocycles. The lowest BCUT2D eigenvalue weighted by atomic mass is 9.98. The predicted octanol–water partition coefficient (Wildman–Crippen LogP) is 3.27. The molecule has 0 aromatic heterocycles. The minimum absolute atomic E-state index is 0.0230. The van der Waals surface area contributed by atoms with Crippen LogP contribution in [-0.4, -0.2) is 12.9 Å². The van der Waals surface area contributed by atoms with Crippen molar-refractivity contribution in [2.45, 2.75) is 12.5 Å². The van der Waals surface area contributed by atoms with E-state index in [4.69, 9.17) is 10.5 Å². The Kier molecular flexibility index (Phi) is 4.93. The van der Waals surface area contributed by atoms with Crippen molar-refractivity contribution >= 4 is 21.7 Å². The van der Waals surface area contributed by atoms with Gasteiger partial charge in [0.15, 0.2) is 5.78 Å². The van der Waals surface area contributed by atoms with Crippen LogP contribution in [0, 0.1) is 0 Å². The van der Waals surface area contributed by atoms with Crippen molar-refractivity contribution in [3.63, 3.8) is 0 Å². The number of carbonyl (C=O) groups excluding carboxylic acids is 1. The number of halogens is 1. The van der Waals surface area contributed by atoms with Crippen LogP contribution >= 0.6 is 15.9 Å². The van der Waals surface area contributed by atoms with Gasteiger partial charge in [0.2, 0.25) is 0 Å². The summed E-state index contributed by atoms with van der Waals surface area (Å²) in [4.78, 5) is 12.3. The van der Waals surface area contributed by atoms with Crippen LogP contribution in [0.25, 0.3) is 0 Å². The van der Waals surface area contributed by atoms with Gasteiger partial charge in [-0.3, -0.25) is 4.79 Å². The van der Waals surface area contributed by atoms with Gasteiger partial charge < -0.3 is 10.5 Å². The van der Waals surface area contributed by atoms with Crippen molar-refractivity contribution in [1.29, 1.82) is 0 Å². The lowest BCUT2D eigenvalue weighted by Crippen LogP contribution is -2.23. The molecule has 4 heteroatoms. The molecule has 0 radical (unpaired) electrons. The zero-order valence-corrected chi connectivity index (χ0v) is 12.8. The molecule has 1 atom stereocenters. The summed E-state index contributed by atoms with van der Waals surface area (Å²) < 4.78 is 6.05. The number of nitrogens with two attached hydrogens (primary N) is 1. The number of ether oxygens (including phenoxy) is 1. The molecule has 2 rings (SSSR count). The molecule has 0 saturated carbocycles. The third-order valence-corrected chi connectivity index (χ3v) is 3.90. The summed E-state index contributed by atoms with van der Waals surface area (Å²) in [5.74, 6) is 0.703. The molecule has 2 aromatic carbocycles. The maximum absolute atomic E-state index is 12.3. The monoisotopic (exact) mass is 333 g/mol. The highest BCUT2D eigenvalue weighted by Gasteiger charge is 2.17. The van der Waals surface area contributed by atoms with Crippen molar-refractivity contribution in [3.8, 4) is 5.75 Å². The first-order valence-corrected chi connectivity index (χ1v) is 7.06. The number of methoxy groups -OCH3 is 1. The van der Waals surface area contributed by atoms with Crippen LogP contribution in [0.1, 0.15) is 17.2 Å². The molecule has 0 saturated heterocycles. The van der Waals surface area contributed by atoms with Crippen LogP contribution in [-0.2, 0) is 11.2 Å².